The molecule has 0 aromatic heterocycles. The van der Waals surface area contributed by atoms with E-state index in [4.69, 9.17) is 0 Å². The molecule has 1 saturated heterocycles. The van der Waals surface area contributed by atoms with E-state index < -0.39 is 0 Å². The number of carbonyl (C=O) groups is 1. The van der Waals surface area contributed by atoms with Crippen LogP contribution >= 0.6 is 0 Å². The van der Waals surface area contributed by atoms with Crippen molar-refractivity contribution in [3.63, 3.8) is 0 Å². The highest BCUT2D eigenvalue weighted by atomic mass is 16.2. The summed E-state index contributed by atoms with van der Waals surface area (Å²) in [6, 6.07) is 0. The van der Waals surface area contributed by atoms with Gasteiger partial charge in [-0.05, 0) is 50.9 Å². The summed E-state index contributed by atoms with van der Waals surface area (Å²) >= 11 is 0. The van der Waals surface area contributed by atoms with Crippen molar-refractivity contribution in [2.24, 2.45) is 11.8 Å². The fraction of sp³-hybridized carbons (Fsp3) is 0.941. The molecule has 1 heterocycles. The van der Waals surface area contributed by atoms with Crippen LogP contribution in [0.1, 0.15) is 47.0 Å². The third kappa shape index (κ3) is 7.28. The Hall–Kier alpha value is -0.610. The number of hydrogen-bond acceptors (Lipinski definition) is 3. The Labute approximate surface area is 131 Å². The van der Waals surface area contributed by atoms with Crippen LogP contribution in [0, 0.1) is 11.8 Å². The second-order valence-electron chi connectivity index (χ2n) is 6.66. The molecule has 4 nitrogen and oxygen atoms in total. The number of piperidine rings is 1. The van der Waals surface area contributed by atoms with Gasteiger partial charge < -0.3 is 15.1 Å². The Morgan fingerprint density at radius 1 is 1.14 bits per heavy atom. The zero-order valence-corrected chi connectivity index (χ0v) is 14.5. The molecule has 1 aliphatic rings. The van der Waals surface area contributed by atoms with Crippen molar-refractivity contribution < 1.29 is 4.79 Å². The second kappa shape index (κ2) is 10.2. The Kier molecular flexibility index (Phi) is 8.93. The number of rotatable bonds is 9. The van der Waals surface area contributed by atoms with Gasteiger partial charge in [0.2, 0.25) is 5.91 Å². The van der Waals surface area contributed by atoms with Gasteiger partial charge in [-0.15, -0.1) is 0 Å². The molecule has 0 spiro atoms. The minimum atomic E-state index is 0.364. The number of nitrogens with one attached hydrogen (secondary N) is 1. The van der Waals surface area contributed by atoms with Gasteiger partial charge in [0.25, 0.3) is 0 Å². The first-order valence-corrected chi connectivity index (χ1v) is 8.77. The SMILES string of the molecule is CCN(CC)CCN(CC(C)C)C(=O)CC1CCNCC1. The van der Waals surface area contributed by atoms with Gasteiger partial charge in [0.1, 0.15) is 0 Å². The molecule has 21 heavy (non-hydrogen) atoms. The Balaban J connectivity index is 2.47. The summed E-state index contributed by atoms with van der Waals surface area (Å²) in [4.78, 5) is 17.1. The molecule has 0 aliphatic carbocycles. The van der Waals surface area contributed by atoms with Crippen molar-refractivity contribution in [1.29, 1.82) is 0 Å². The van der Waals surface area contributed by atoms with E-state index in [2.05, 4.69) is 42.8 Å². The predicted molar refractivity (Wildman–Crippen MR) is 89.4 cm³/mol. The first kappa shape index (κ1) is 18.4. The predicted octanol–water partition coefficient (Wildman–Crippen LogP) is 2.20. The molecule has 0 radical (unpaired) electrons. The standard InChI is InChI=1S/C17H35N3O/c1-5-19(6-2)11-12-20(14-15(3)4)17(21)13-16-7-9-18-10-8-16/h15-16,18H,5-14H2,1-4H3. The summed E-state index contributed by atoms with van der Waals surface area (Å²) in [5, 5.41) is 3.37. The molecule has 0 saturated carbocycles. The van der Waals surface area contributed by atoms with Gasteiger partial charge in [-0.25, -0.2) is 0 Å². The van der Waals surface area contributed by atoms with E-state index in [1.165, 1.54) is 0 Å². The van der Waals surface area contributed by atoms with Crippen LogP contribution in [0.4, 0.5) is 0 Å². The largest absolute Gasteiger partial charge is 0.341 e. The fourth-order valence-electron chi connectivity index (χ4n) is 3.02. The average Bonchev–Trinajstić information content (AvgIpc) is 2.47. The van der Waals surface area contributed by atoms with E-state index in [-0.39, 0.29) is 0 Å². The molecule has 1 amide bonds. The zero-order valence-electron chi connectivity index (χ0n) is 14.5. The van der Waals surface area contributed by atoms with E-state index in [1.54, 1.807) is 0 Å². The van der Waals surface area contributed by atoms with E-state index >= 15 is 0 Å². The number of amides is 1. The van der Waals surface area contributed by atoms with Crippen LogP contribution in [0.25, 0.3) is 0 Å². The van der Waals surface area contributed by atoms with Gasteiger partial charge in [0, 0.05) is 26.1 Å². The minimum Gasteiger partial charge on any atom is -0.341 e. The molecular weight excluding hydrogens is 262 g/mol. The minimum absolute atomic E-state index is 0.364. The molecule has 1 aliphatic heterocycles. The third-order valence-corrected chi connectivity index (χ3v) is 4.44. The van der Waals surface area contributed by atoms with Gasteiger partial charge in [-0.3, -0.25) is 4.79 Å². The van der Waals surface area contributed by atoms with E-state index in [0.717, 1.165) is 65.1 Å². The summed E-state index contributed by atoms with van der Waals surface area (Å²) in [6.45, 7) is 15.8. The Morgan fingerprint density at radius 3 is 2.29 bits per heavy atom. The zero-order chi connectivity index (χ0) is 15.7. The lowest BCUT2D eigenvalue weighted by atomic mass is 9.94. The van der Waals surface area contributed by atoms with Crippen molar-refractivity contribution in [1.82, 2.24) is 15.1 Å². The van der Waals surface area contributed by atoms with Crippen molar-refractivity contribution in [3.8, 4) is 0 Å². The van der Waals surface area contributed by atoms with Gasteiger partial charge in [0.05, 0.1) is 0 Å². The quantitative estimate of drug-likeness (QED) is 0.709. The number of likely N-dealkylation sites (N-methyl/N-ethyl adjacent to an activating group) is 1. The van der Waals surface area contributed by atoms with Crippen LogP contribution in [0.5, 0.6) is 0 Å². The molecule has 0 atom stereocenters. The van der Waals surface area contributed by atoms with Crippen LogP contribution in [0.2, 0.25) is 0 Å². The molecule has 1 N–H and O–H groups in total. The van der Waals surface area contributed by atoms with Crippen LogP contribution in [0.3, 0.4) is 0 Å². The summed E-state index contributed by atoms with van der Waals surface area (Å²) in [6.07, 6.45) is 3.04. The molecule has 1 rings (SSSR count). The highest BCUT2D eigenvalue weighted by molar-refractivity contribution is 5.76. The van der Waals surface area contributed by atoms with Crippen LogP contribution in [0.15, 0.2) is 0 Å². The second-order valence-corrected chi connectivity index (χ2v) is 6.66. The lowest BCUT2D eigenvalue weighted by Gasteiger charge is -2.30. The van der Waals surface area contributed by atoms with Gasteiger partial charge in [-0.2, -0.15) is 0 Å². The van der Waals surface area contributed by atoms with Crippen molar-refractivity contribution in [2.45, 2.75) is 47.0 Å². The van der Waals surface area contributed by atoms with Gasteiger partial charge in [0.15, 0.2) is 0 Å². The highest BCUT2D eigenvalue weighted by Gasteiger charge is 2.21. The molecular formula is C17H35N3O. The Bertz CT molecular complexity index is 284. The number of carbonyl (C=O) groups excluding carboxylic acids is 1. The smallest absolute Gasteiger partial charge is 0.222 e. The lowest BCUT2D eigenvalue weighted by Crippen LogP contribution is -2.41. The molecule has 4 heteroatoms. The van der Waals surface area contributed by atoms with E-state index in [0.29, 0.717) is 17.7 Å². The van der Waals surface area contributed by atoms with Crippen molar-refractivity contribution >= 4 is 5.91 Å². The maximum Gasteiger partial charge on any atom is 0.222 e. The van der Waals surface area contributed by atoms with Gasteiger partial charge in [-0.1, -0.05) is 27.7 Å². The third-order valence-electron chi connectivity index (χ3n) is 4.44. The Morgan fingerprint density at radius 2 is 1.76 bits per heavy atom. The molecule has 0 unspecified atom stereocenters. The van der Waals surface area contributed by atoms with Crippen LogP contribution < -0.4 is 5.32 Å². The number of hydrogen-bond donors (Lipinski definition) is 1. The van der Waals surface area contributed by atoms with Crippen LogP contribution in [-0.2, 0) is 4.79 Å². The monoisotopic (exact) mass is 297 g/mol. The molecule has 0 aromatic carbocycles. The van der Waals surface area contributed by atoms with Crippen LogP contribution in [-0.4, -0.2) is 61.5 Å². The maximum atomic E-state index is 12.6. The summed E-state index contributed by atoms with van der Waals surface area (Å²) in [5.74, 6) is 1.49. The highest BCUT2D eigenvalue weighted by Crippen LogP contribution is 2.17. The summed E-state index contributed by atoms with van der Waals surface area (Å²) in [7, 11) is 0. The lowest BCUT2D eigenvalue weighted by molar-refractivity contribution is -0.133. The summed E-state index contributed by atoms with van der Waals surface area (Å²) in [5.41, 5.74) is 0. The average molecular weight is 297 g/mol. The first-order valence-electron chi connectivity index (χ1n) is 8.77. The normalized spacial score (nSPS) is 16.7. The molecule has 0 aromatic rings. The fourth-order valence-corrected chi connectivity index (χ4v) is 3.02. The molecule has 0 bridgehead atoms. The van der Waals surface area contributed by atoms with Crippen molar-refractivity contribution in [3.05, 3.63) is 0 Å². The summed E-state index contributed by atoms with van der Waals surface area (Å²) < 4.78 is 0. The molecule has 1 fully saturated rings. The topological polar surface area (TPSA) is 35.6 Å². The maximum absolute atomic E-state index is 12.6. The molecule has 124 valence electrons. The van der Waals surface area contributed by atoms with E-state index in [9.17, 15) is 4.79 Å². The first-order chi connectivity index (χ1) is 10.1. The number of nitrogens with zero attached hydrogens (tertiary/aromatic N) is 2. The van der Waals surface area contributed by atoms with Gasteiger partial charge >= 0.3 is 0 Å². The van der Waals surface area contributed by atoms with Crippen molar-refractivity contribution in [2.75, 3.05) is 45.8 Å². The van der Waals surface area contributed by atoms with E-state index in [1.807, 2.05) is 0 Å².